The minimum Gasteiger partial charge on any atom is -0.444 e. The third-order valence-electron chi connectivity index (χ3n) is 5.57. The average Bonchev–Trinajstić information content (AvgIpc) is 2.68. The topological polar surface area (TPSA) is 41.6 Å². The van der Waals surface area contributed by atoms with Crippen molar-refractivity contribution >= 4 is 11.8 Å². The van der Waals surface area contributed by atoms with Crippen LogP contribution >= 0.6 is 0 Å². The normalized spacial score (nSPS) is 18.6. The molecule has 0 atom stereocenters. The lowest BCUT2D eigenvalue weighted by molar-refractivity contribution is 0.144. The number of ether oxygens (including phenoxy) is 1. The fourth-order valence-electron chi connectivity index (χ4n) is 4.15. The minimum atomic E-state index is -0.250. The monoisotopic (exact) mass is 336 g/mol. The Morgan fingerprint density at radius 3 is 2.52 bits per heavy atom. The van der Waals surface area contributed by atoms with Gasteiger partial charge in [0.25, 0.3) is 0 Å². The SMILES string of the molecule is O=C(OCc1ccccc1)N1CCC2(CCNCC2)c2ccccc21. The van der Waals surface area contributed by atoms with E-state index in [-0.39, 0.29) is 11.5 Å². The van der Waals surface area contributed by atoms with Crippen molar-refractivity contribution in [3.63, 3.8) is 0 Å². The van der Waals surface area contributed by atoms with Gasteiger partial charge in [-0.1, -0.05) is 48.5 Å². The van der Waals surface area contributed by atoms with Gasteiger partial charge in [-0.05, 0) is 49.5 Å². The summed E-state index contributed by atoms with van der Waals surface area (Å²) in [6.07, 6.45) is 3.03. The molecule has 1 amide bonds. The number of carbonyl (C=O) groups excluding carboxylic acids is 1. The van der Waals surface area contributed by atoms with Crippen LogP contribution < -0.4 is 10.2 Å². The molecule has 1 fully saturated rings. The van der Waals surface area contributed by atoms with E-state index in [1.54, 1.807) is 0 Å². The highest BCUT2D eigenvalue weighted by molar-refractivity contribution is 5.89. The number of amides is 1. The van der Waals surface area contributed by atoms with Gasteiger partial charge in [0.1, 0.15) is 6.61 Å². The average molecular weight is 336 g/mol. The maximum atomic E-state index is 12.7. The van der Waals surface area contributed by atoms with Crippen LogP contribution in [-0.2, 0) is 16.8 Å². The van der Waals surface area contributed by atoms with Gasteiger partial charge in [-0.25, -0.2) is 4.79 Å². The first kappa shape index (κ1) is 16.2. The molecule has 0 bridgehead atoms. The van der Waals surface area contributed by atoms with Gasteiger partial charge in [-0.2, -0.15) is 0 Å². The number of nitrogens with one attached hydrogen (secondary N) is 1. The molecule has 0 saturated carbocycles. The van der Waals surface area contributed by atoms with E-state index < -0.39 is 0 Å². The Morgan fingerprint density at radius 1 is 1.00 bits per heavy atom. The molecule has 2 aliphatic heterocycles. The number of anilines is 1. The highest BCUT2D eigenvalue weighted by Crippen LogP contribution is 2.45. The molecule has 2 aliphatic rings. The van der Waals surface area contributed by atoms with Gasteiger partial charge in [0.2, 0.25) is 0 Å². The third-order valence-corrected chi connectivity index (χ3v) is 5.57. The van der Waals surface area contributed by atoms with Gasteiger partial charge in [0, 0.05) is 12.0 Å². The van der Waals surface area contributed by atoms with Crippen LogP contribution in [0.1, 0.15) is 30.4 Å². The number of rotatable bonds is 2. The summed E-state index contributed by atoms with van der Waals surface area (Å²) in [6.45, 7) is 3.14. The molecule has 1 spiro atoms. The minimum absolute atomic E-state index is 0.206. The lowest BCUT2D eigenvalue weighted by Gasteiger charge is -2.45. The van der Waals surface area contributed by atoms with Crippen molar-refractivity contribution in [1.82, 2.24) is 5.32 Å². The molecule has 4 heteroatoms. The number of carbonyl (C=O) groups is 1. The first-order valence-corrected chi connectivity index (χ1v) is 9.07. The number of nitrogens with zero attached hydrogens (tertiary/aromatic N) is 1. The van der Waals surface area contributed by atoms with E-state index in [2.05, 4.69) is 23.5 Å². The number of fused-ring (bicyclic) bond motifs is 2. The zero-order chi connectivity index (χ0) is 17.1. The molecular formula is C21H24N2O2. The third kappa shape index (κ3) is 3.14. The van der Waals surface area contributed by atoms with Crippen molar-refractivity contribution in [2.24, 2.45) is 0 Å². The lowest BCUT2D eigenvalue weighted by atomic mass is 9.68. The Morgan fingerprint density at radius 2 is 1.72 bits per heavy atom. The van der Waals surface area contributed by atoms with Crippen LogP contribution in [0.15, 0.2) is 54.6 Å². The Hall–Kier alpha value is -2.33. The predicted octanol–water partition coefficient (Wildman–Crippen LogP) is 3.85. The van der Waals surface area contributed by atoms with Gasteiger partial charge in [-0.3, -0.25) is 4.90 Å². The Balaban J connectivity index is 1.54. The Bertz CT molecular complexity index is 739. The smallest absolute Gasteiger partial charge is 0.414 e. The van der Waals surface area contributed by atoms with Gasteiger partial charge < -0.3 is 10.1 Å². The molecule has 0 unspecified atom stereocenters. The maximum absolute atomic E-state index is 12.7. The summed E-state index contributed by atoms with van der Waals surface area (Å²) in [5.41, 5.74) is 3.54. The number of benzene rings is 2. The van der Waals surface area contributed by atoms with Crippen LogP contribution in [0.25, 0.3) is 0 Å². The Kier molecular flexibility index (Phi) is 4.45. The number of hydrogen-bond acceptors (Lipinski definition) is 3. The molecule has 1 N–H and O–H groups in total. The van der Waals surface area contributed by atoms with E-state index in [4.69, 9.17) is 4.74 Å². The van der Waals surface area contributed by atoms with E-state index in [9.17, 15) is 4.79 Å². The van der Waals surface area contributed by atoms with Gasteiger partial charge in [-0.15, -0.1) is 0 Å². The molecule has 1 saturated heterocycles. The quantitative estimate of drug-likeness (QED) is 0.905. The second-order valence-electron chi connectivity index (χ2n) is 6.99. The summed E-state index contributed by atoms with van der Waals surface area (Å²) in [5, 5.41) is 3.45. The second kappa shape index (κ2) is 6.89. The van der Waals surface area contributed by atoms with E-state index in [0.717, 1.165) is 50.1 Å². The van der Waals surface area contributed by atoms with Crippen LogP contribution in [0.4, 0.5) is 10.5 Å². The van der Waals surface area contributed by atoms with Crippen molar-refractivity contribution in [3.8, 4) is 0 Å². The zero-order valence-electron chi connectivity index (χ0n) is 14.4. The number of piperidine rings is 1. The van der Waals surface area contributed by atoms with Crippen LogP contribution in [0.5, 0.6) is 0 Å². The summed E-state index contributed by atoms with van der Waals surface area (Å²) in [7, 11) is 0. The van der Waals surface area contributed by atoms with E-state index >= 15 is 0 Å². The first-order valence-electron chi connectivity index (χ1n) is 9.07. The fourth-order valence-corrected chi connectivity index (χ4v) is 4.15. The summed E-state index contributed by atoms with van der Waals surface area (Å²) < 4.78 is 5.57. The van der Waals surface area contributed by atoms with Gasteiger partial charge >= 0.3 is 6.09 Å². The molecule has 130 valence electrons. The second-order valence-corrected chi connectivity index (χ2v) is 6.99. The fraction of sp³-hybridized carbons (Fsp3) is 0.381. The van der Waals surface area contributed by atoms with Crippen LogP contribution in [0.2, 0.25) is 0 Å². The molecule has 0 radical (unpaired) electrons. The summed E-state index contributed by atoms with van der Waals surface area (Å²) >= 11 is 0. The summed E-state index contributed by atoms with van der Waals surface area (Å²) in [5.74, 6) is 0. The van der Waals surface area contributed by atoms with E-state index in [1.807, 2.05) is 41.3 Å². The van der Waals surface area contributed by atoms with E-state index in [0.29, 0.717) is 6.61 Å². The van der Waals surface area contributed by atoms with Crippen LogP contribution in [0, 0.1) is 0 Å². The molecule has 25 heavy (non-hydrogen) atoms. The van der Waals surface area contributed by atoms with Crippen molar-refractivity contribution < 1.29 is 9.53 Å². The largest absolute Gasteiger partial charge is 0.444 e. The highest BCUT2D eigenvalue weighted by Gasteiger charge is 2.41. The number of para-hydroxylation sites is 1. The molecule has 0 aromatic heterocycles. The highest BCUT2D eigenvalue weighted by atomic mass is 16.6. The van der Waals surface area contributed by atoms with Crippen LogP contribution in [-0.4, -0.2) is 25.7 Å². The molecule has 4 rings (SSSR count). The zero-order valence-corrected chi connectivity index (χ0v) is 14.4. The number of hydrogen-bond donors (Lipinski definition) is 1. The van der Waals surface area contributed by atoms with E-state index in [1.165, 1.54) is 5.56 Å². The summed E-state index contributed by atoms with van der Waals surface area (Å²) in [6, 6.07) is 18.2. The Labute approximate surface area is 148 Å². The maximum Gasteiger partial charge on any atom is 0.414 e. The van der Waals surface area contributed by atoms with Crippen molar-refractivity contribution in [2.45, 2.75) is 31.3 Å². The molecule has 0 aliphatic carbocycles. The van der Waals surface area contributed by atoms with Crippen molar-refractivity contribution in [2.75, 3.05) is 24.5 Å². The first-order chi connectivity index (χ1) is 12.3. The molecular weight excluding hydrogens is 312 g/mol. The lowest BCUT2D eigenvalue weighted by Crippen LogP contribution is -2.48. The van der Waals surface area contributed by atoms with Crippen molar-refractivity contribution in [3.05, 3.63) is 65.7 Å². The summed E-state index contributed by atoms with van der Waals surface area (Å²) in [4.78, 5) is 14.5. The molecule has 4 nitrogen and oxygen atoms in total. The molecule has 2 heterocycles. The molecule has 2 aromatic rings. The standard InChI is InChI=1S/C21H24N2O2/c24-20(25-16-17-6-2-1-3-7-17)23-15-12-21(10-13-22-14-11-21)18-8-4-5-9-19(18)23/h1-9,22H,10-16H2. The van der Waals surface area contributed by atoms with Gasteiger partial charge in [0.05, 0.1) is 5.69 Å². The van der Waals surface area contributed by atoms with Crippen molar-refractivity contribution in [1.29, 1.82) is 0 Å². The predicted molar refractivity (Wildman–Crippen MR) is 98.8 cm³/mol. The van der Waals surface area contributed by atoms with Crippen LogP contribution in [0.3, 0.4) is 0 Å². The molecule has 2 aromatic carbocycles. The van der Waals surface area contributed by atoms with Gasteiger partial charge in [0.15, 0.2) is 0 Å².